The van der Waals surface area contributed by atoms with E-state index in [2.05, 4.69) is 5.32 Å². The van der Waals surface area contributed by atoms with Crippen molar-refractivity contribution in [3.63, 3.8) is 0 Å². The summed E-state index contributed by atoms with van der Waals surface area (Å²) in [4.78, 5) is 28.0. The molecule has 0 heterocycles. The second kappa shape index (κ2) is 13.8. The van der Waals surface area contributed by atoms with Crippen molar-refractivity contribution in [2.24, 2.45) is 0 Å². The maximum Gasteiger partial charge on any atom is 0.244 e. The number of nitrogens with one attached hydrogen (secondary N) is 1. The van der Waals surface area contributed by atoms with Gasteiger partial charge in [0.25, 0.3) is 0 Å². The van der Waals surface area contributed by atoms with Crippen LogP contribution in [0, 0.1) is 0 Å². The first-order valence-electron chi connectivity index (χ1n) is 13.0. The van der Waals surface area contributed by atoms with Crippen LogP contribution in [0.2, 0.25) is 0 Å². The molecule has 208 valence electrons. The number of amides is 2. The number of nitrogens with zero attached hydrogens (tertiary/aromatic N) is 2. The summed E-state index contributed by atoms with van der Waals surface area (Å²) in [5.74, 6) is 0.440. The molecule has 9 heteroatoms. The van der Waals surface area contributed by atoms with E-state index in [-0.39, 0.29) is 18.5 Å². The van der Waals surface area contributed by atoms with Gasteiger partial charge in [-0.1, -0.05) is 55.5 Å². The fourth-order valence-electron chi connectivity index (χ4n) is 3.95. The van der Waals surface area contributed by atoms with Crippen LogP contribution >= 0.6 is 0 Å². The summed E-state index contributed by atoms with van der Waals surface area (Å²) in [6.07, 6.45) is 2.34. The lowest BCUT2D eigenvalue weighted by Gasteiger charge is -2.32. The summed E-state index contributed by atoms with van der Waals surface area (Å²) >= 11 is 0. The smallest absolute Gasteiger partial charge is 0.244 e. The van der Waals surface area contributed by atoms with Crippen molar-refractivity contribution in [2.45, 2.75) is 45.7 Å². The number of hydrogen-bond donors (Lipinski definition) is 1. The third-order valence-electron chi connectivity index (χ3n) is 6.44. The Hall–Kier alpha value is -3.85. The van der Waals surface area contributed by atoms with Crippen molar-refractivity contribution in [1.82, 2.24) is 10.2 Å². The molecule has 0 saturated carbocycles. The van der Waals surface area contributed by atoms with Gasteiger partial charge in [0.05, 0.1) is 11.9 Å². The summed E-state index contributed by atoms with van der Waals surface area (Å²) < 4.78 is 32.4. The first-order chi connectivity index (χ1) is 18.6. The summed E-state index contributed by atoms with van der Waals surface area (Å²) in [6.45, 7) is 5.36. The maximum atomic E-state index is 13.6. The molecular formula is C30H37N3O5S. The molecule has 0 fully saturated rings. The average Bonchev–Trinajstić information content (AvgIpc) is 2.92. The highest BCUT2D eigenvalue weighted by atomic mass is 32.2. The van der Waals surface area contributed by atoms with Gasteiger partial charge in [0, 0.05) is 12.6 Å². The molecule has 0 aliphatic heterocycles. The lowest BCUT2D eigenvalue weighted by molar-refractivity contribution is -0.139. The maximum absolute atomic E-state index is 13.6. The lowest BCUT2D eigenvalue weighted by atomic mass is 10.1. The Kier molecular flexibility index (Phi) is 10.5. The van der Waals surface area contributed by atoms with Crippen molar-refractivity contribution >= 4 is 27.5 Å². The van der Waals surface area contributed by atoms with Gasteiger partial charge in [-0.25, -0.2) is 8.42 Å². The van der Waals surface area contributed by atoms with Crippen molar-refractivity contribution < 1.29 is 22.7 Å². The fourth-order valence-corrected chi connectivity index (χ4v) is 4.80. The number of ether oxygens (including phenoxy) is 1. The minimum Gasteiger partial charge on any atom is -0.457 e. The summed E-state index contributed by atoms with van der Waals surface area (Å²) in [6, 6.07) is 24.5. The SMILES string of the molecule is CCC(C)NC(=O)C(C)N(CCc1ccccc1)C(=O)CN(c1ccc(Oc2ccccc2)cc1)S(C)(=O)=O. The zero-order chi connectivity index (χ0) is 28.4. The molecule has 0 spiro atoms. The Bertz CT molecular complexity index is 1320. The van der Waals surface area contributed by atoms with Crippen LogP contribution in [-0.2, 0) is 26.0 Å². The summed E-state index contributed by atoms with van der Waals surface area (Å²) in [5, 5.41) is 2.93. The normalized spacial score (nSPS) is 12.7. The number of rotatable bonds is 13. The standard InChI is InChI=1S/C30H37N3O5S/c1-5-23(2)31-30(35)24(3)32(21-20-25-12-8-6-9-13-25)29(34)22-33(39(4,36)37)26-16-18-28(19-17-26)38-27-14-10-7-11-15-27/h6-19,23-24H,5,20-22H2,1-4H3,(H,31,35). The highest BCUT2D eigenvalue weighted by molar-refractivity contribution is 7.92. The van der Waals surface area contributed by atoms with Crippen LogP contribution in [0.4, 0.5) is 5.69 Å². The predicted molar refractivity (Wildman–Crippen MR) is 154 cm³/mol. The molecule has 3 aromatic carbocycles. The number of carbonyl (C=O) groups is 2. The number of benzene rings is 3. The van der Waals surface area contributed by atoms with Gasteiger partial charge >= 0.3 is 0 Å². The second-order valence-corrected chi connectivity index (χ2v) is 11.4. The van der Waals surface area contributed by atoms with E-state index < -0.39 is 28.5 Å². The highest BCUT2D eigenvalue weighted by Crippen LogP contribution is 2.25. The third kappa shape index (κ3) is 8.85. The van der Waals surface area contributed by atoms with Gasteiger partial charge in [0.15, 0.2) is 0 Å². The fraction of sp³-hybridized carbons (Fsp3) is 0.333. The van der Waals surface area contributed by atoms with Gasteiger partial charge < -0.3 is 15.0 Å². The van der Waals surface area contributed by atoms with Crippen LogP contribution in [-0.4, -0.2) is 56.6 Å². The van der Waals surface area contributed by atoms with Gasteiger partial charge in [-0.3, -0.25) is 13.9 Å². The van der Waals surface area contributed by atoms with Gasteiger partial charge in [-0.15, -0.1) is 0 Å². The van der Waals surface area contributed by atoms with E-state index in [0.29, 0.717) is 23.6 Å². The van der Waals surface area contributed by atoms with E-state index in [1.807, 2.05) is 74.5 Å². The molecule has 0 saturated heterocycles. The van der Waals surface area contributed by atoms with Crippen LogP contribution in [0.5, 0.6) is 11.5 Å². The molecule has 0 aliphatic carbocycles. The molecule has 0 bridgehead atoms. The molecule has 1 N–H and O–H groups in total. The van der Waals surface area contributed by atoms with Gasteiger partial charge in [0.1, 0.15) is 24.1 Å². The third-order valence-corrected chi connectivity index (χ3v) is 7.58. The Morgan fingerprint density at radius 1 is 0.872 bits per heavy atom. The first-order valence-corrected chi connectivity index (χ1v) is 14.9. The molecule has 0 aromatic heterocycles. The second-order valence-electron chi connectivity index (χ2n) is 9.50. The molecular weight excluding hydrogens is 514 g/mol. The molecule has 8 nitrogen and oxygen atoms in total. The van der Waals surface area contributed by atoms with E-state index in [9.17, 15) is 18.0 Å². The molecule has 3 rings (SSSR count). The first kappa shape index (κ1) is 29.7. The molecule has 2 amide bonds. The van der Waals surface area contributed by atoms with Crippen LogP contribution in [0.3, 0.4) is 0 Å². The van der Waals surface area contributed by atoms with Crippen molar-refractivity contribution in [3.05, 3.63) is 90.5 Å². The van der Waals surface area contributed by atoms with Gasteiger partial charge in [-0.2, -0.15) is 0 Å². The number of para-hydroxylation sites is 1. The van der Waals surface area contributed by atoms with Crippen LogP contribution < -0.4 is 14.4 Å². The minimum atomic E-state index is -3.81. The molecule has 0 radical (unpaired) electrons. The van der Waals surface area contributed by atoms with Crippen LogP contribution in [0.1, 0.15) is 32.8 Å². The van der Waals surface area contributed by atoms with Crippen LogP contribution in [0.25, 0.3) is 0 Å². The van der Waals surface area contributed by atoms with Crippen molar-refractivity contribution in [3.8, 4) is 11.5 Å². The summed E-state index contributed by atoms with van der Waals surface area (Å²) in [7, 11) is -3.81. The van der Waals surface area contributed by atoms with Crippen molar-refractivity contribution in [1.29, 1.82) is 0 Å². The minimum absolute atomic E-state index is 0.0461. The van der Waals surface area contributed by atoms with E-state index >= 15 is 0 Å². The zero-order valence-corrected chi connectivity index (χ0v) is 23.7. The topological polar surface area (TPSA) is 96.0 Å². The van der Waals surface area contributed by atoms with E-state index in [0.717, 1.165) is 22.5 Å². The Morgan fingerprint density at radius 3 is 2.00 bits per heavy atom. The molecule has 3 aromatic rings. The van der Waals surface area contributed by atoms with Crippen molar-refractivity contribution in [2.75, 3.05) is 23.7 Å². The number of sulfonamides is 1. The Morgan fingerprint density at radius 2 is 1.44 bits per heavy atom. The molecule has 39 heavy (non-hydrogen) atoms. The number of carbonyl (C=O) groups excluding carboxylic acids is 2. The monoisotopic (exact) mass is 551 g/mol. The van der Waals surface area contributed by atoms with Gasteiger partial charge in [-0.05, 0) is 68.7 Å². The molecule has 2 atom stereocenters. The van der Waals surface area contributed by atoms with Crippen LogP contribution in [0.15, 0.2) is 84.9 Å². The average molecular weight is 552 g/mol. The van der Waals surface area contributed by atoms with E-state index in [4.69, 9.17) is 4.74 Å². The lowest BCUT2D eigenvalue weighted by Crippen LogP contribution is -2.53. The Labute approximate surface area is 231 Å². The van der Waals surface area contributed by atoms with E-state index in [1.54, 1.807) is 31.2 Å². The summed E-state index contributed by atoms with van der Waals surface area (Å²) in [5.41, 5.74) is 1.34. The van der Waals surface area contributed by atoms with E-state index in [1.165, 1.54) is 4.90 Å². The molecule has 0 aliphatic rings. The quantitative estimate of drug-likeness (QED) is 0.335. The van der Waals surface area contributed by atoms with Gasteiger partial charge in [0.2, 0.25) is 21.8 Å². The zero-order valence-electron chi connectivity index (χ0n) is 22.9. The largest absolute Gasteiger partial charge is 0.457 e. The Balaban J connectivity index is 1.81. The predicted octanol–water partition coefficient (Wildman–Crippen LogP) is 4.62. The number of hydrogen-bond acceptors (Lipinski definition) is 5. The number of anilines is 1. The molecule has 2 unspecified atom stereocenters. The highest BCUT2D eigenvalue weighted by Gasteiger charge is 2.30.